The molecule has 6 rings (SSSR count). The van der Waals surface area contributed by atoms with Crippen molar-refractivity contribution in [1.29, 1.82) is 0 Å². The van der Waals surface area contributed by atoms with Gasteiger partial charge in [-0.1, -0.05) is 17.7 Å². The first-order chi connectivity index (χ1) is 24.9. The normalized spacial score (nSPS) is 21.7. The van der Waals surface area contributed by atoms with Crippen LogP contribution in [0, 0.1) is 35.3 Å². The molecule has 0 spiro atoms. The number of ether oxygens (including phenoxy) is 2. The third kappa shape index (κ3) is 7.63. The van der Waals surface area contributed by atoms with E-state index in [-0.39, 0.29) is 39.8 Å². The number of amides is 3. The zero-order valence-electron chi connectivity index (χ0n) is 29.2. The van der Waals surface area contributed by atoms with Gasteiger partial charge in [-0.05, 0) is 112 Å². The van der Waals surface area contributed by atoms with Gasteiger partial charge in [0.2, 0.25) is 5.91 Å². The minimum absolute atomic E-state index is 0.0656. The maximum absolute atomic E-state index is 15.0. The summed E-state index contributed by atoms with van der Waals surface area (Å²) in [4.78, 5) is 54.7. The summed E-state index contributed by atoms with van der Waals surface area (Å²) in [6.45, 7) is 4.55. The number of carboxylic acids is 1. The predicted octanol–water partition coefficient (Wildman–Crippen LogP) is 8.42. The molecule has 3 aliphatic rings. The lowest BCUT2D eigenvalue weighted by Crippen LogP contribution is -2.53. The monoisotopic (exact) mass is 740 g/mol. The topological polar surface area (TPSA) is 122 Å². The van der Waals surface area contributed by atoms with E-state index in [0.29, 0.717) is 29.9 Å². The Balaban J connectivity index is 1.41. The molecule has 280 valence electrons. The van der Waals surface area contributed by atoms with Crippen molar-refractivity contribution in [1.82, 2.24) is 5.32 Å². The molecule has 4 atom stereocenters. The van der Waals surface area contributed by atoms with Crippen LogP contribution in [-0.2, 0) is 15.7 Å². The van der Waals surface area contributed by atoms with Gasteiger partial charge in [0.1, 0.15) is 23.0 Å². The number of fused-ring (bicyclic) bond motifs is 2. The van der Waals surface area contributed by atoms with Crippen LogP contribution in [0.5, 0.6) is 5.75 Å². The highest BCUT2D eigenvalue weighted by molar-refractivity contribution is 6.14. The summed E-state index contributed by atoms with van der Waals surface area (Å²) in [5, 5.41) is 12.4. The Bertz CT molecular complexity index is 2020. The van der Waals surface area contributed by atoms with E-state index < -0.39 is 76.4 Å². The molecular formula is C39H37F5N2O7. The highest BCUT2D eigenvalue weighted by atomic mass is 19.4. The fourth-order valence-electron chi connectivity index (χ4n) is 7.35. The average Bonchev–Trinajstić information content (AvgIpc) is 3.76. The number of rotatable bonds is 8. The standard InChI is InChI=1S/C39H37F5N2O7/c1-38(2,3)53-37(51)46(22-9-13-30(41)28(18-22)39(42,43)44)35(48)32-23-10-11-24(26(23)15-19-5-6-19)33(32)45-34(47)27-16-20(8-14-31(27)52-4)25-17-21(36(49)50)7-12-29(25)40/h7-9,12-19,23-24,32-33H,5-6,10-11H2,1-4H3,(H,45,47)(H,49,50)/b26-15-/t23?,24?,32-,33+/m0/s1. The summed E-state index contributed by atoms with van der Waals surface area (Å²) in [5.41, 5.74) is -2.67. The van der Waals surface area contributed by atoms with Crippen LogP contribution in [0.3, 0.4) is 0 Å². The Kier molecular flexibility index (Phi) is 9.86. The summed E-state index contributed by atoms with van der Waals surface area (Å²) in [5.74, 6) is -6.92. The molecule has 0 radical (unpaired) electrons. The van der Waals surface area contributed by atoms with Crippen LogP contribution in [0.25, 0.3) is 11.1 Å². The quantitative estimate of drug-likeness (QED) is 0.176. The van der Waals surface area contributed by atoms with Gasteiger partial charge in [-0.2, -0.15) is 13.2 Å². The number of carbonyl (C=O) groups excluding carboxylic acids is 3. The number of hydrogen-bond donors (Lipinski definition) is 2. The molecule has 3 amide bonds. The Labute approximate surface area is 301 Å². The fraction of sp³-hybridized carbons (Fsp3) is 0.385. The lowest BCUT2D eigenvalue weighted by molar-refractivity contribution is -0.140. The summed E-state index contributed by atoms with van der Waals surface area (Å²) in [6, 6.07) is 8.27. The van der Waals surface area contributed by atoms with Crippen molar-refractivity contribution >= 4 is 29.6 Å². The van der Waals surface area contributed by atoms with Gasteiger partial charge in [0, 0.05) is 17.5 Å². The van der Waals surface area contributed by atoms with E-state index in [9.17, 15) is 46.2 Å². The van der Waals surface area contributed by atoms with Crippen LogP contribution in [0.4, 0.5) is 32.4 Å². The van der Waals surface area contributed by atoms with Gasteiger partial charge in [0.05, 0.1) is 35.4 Å². The van der Waals surface area contributed by atoms with E-state index in [1.807, 2.05) is 0 Å². The number of imide groups is 1. The van der Waals surface area contributed by atoms with E-state index in [4.69, 9.17) is 9.47 Å². The first-order valence-electron chi connectivity index (χ1n) is 17.1. The SMILES string of the molecule is COc1ccc(-c2cc(C(=O)O)ccc2F)cc1C(=O)N[C@@H]1C2CCC(/C2=C/C2CC2)[C@@H]1C(=O)N(C(=O)OC(C)(C)C)c1ccc(F)c(C(F)(F)F)c1. The number of nitrogens with one attached hydrogen (secondary N) is 1. The molecule has 3 aromatic rings. The molecule has 9 nitrogen and oxygen atoms in total. The number of halogens is 5. The number of carboxylic acid groups (broad SMARTS) is 1. The zero-order valence-corrected chi connectivity index (χ0v) is 29.2. The molecule has 2 unspecified atom stereocenters. The average molecular weight is 741 g/mol. The van der Waals surface area contributed by atoms with Crippen LogP contribution in [-0.4, -0.2) is 47.7 Å². The lowest BCUT2D eigenvalue weighted by Gasteiger charge is -2.34. The minimum Gasteiger partial charge on any atom is -0.496 e. The molecule has 3 aliphatic carbocycles. The van der Waals surface area contributed by atoms with Gasteiger partial charge in [-0.25, -0.2) is 23.3 Å². The van der Waals surface area contributed by atoms with E-state index in [2.05, 4.69) is 11.4 Å². The molecule has 53 heavy (non-hydrogen) atoms. The second kappa shape index (κ2) is 13.9. The van der Waals surface area contributed by atoms with Gasteiger partial charge in [-0.3, -0.25) is 9.59 Å². The van der Waals surface area contributed by atoms with Crippen LogP contribution >= 0.6 is 0 Å². The minimum atomic E-state index is -5.14. The van der Waals surface area contributed by atoms with Gasteiger partial charge < -0.3 is 19.9 Å². The highest BCUT2D eigenvalue weighted by Crippen LogP contribution is 2.55. The maximum atomic E-state index is 15.0. The number of anilines is 1. The largest absolute Gasteiger partial charge is 0.496 e. The van der Waals surface area contributed by atoms with Crippen molar-refractivity contribution < 1.29 is 55.7 Å². The maximum Gasteiger partial charge on any atom is 0.421 e. The molecule has 0 heterocycles. The van der Waals surface area contributed by atoms with Crippen LogP contribution in [0.2, 0.25) is 0 Å². The number of alkyl halides is 3. The summed E-state index contributed by atoms with van der Waals surface area (Å²) < 4.78 is 81.8. The van der Waals surface area contributed by atoms with Crippen LogP contribution in [0.1, 0.15) is 72.7 Å². The molecule has 2 bridgehead atoms. The number of nitrogens with zero attached hydrogens (tertiary/aromatic N) is 1. The Morgan fingerprint density at radius 2 is 1.57 bits per heavy atom. The van der Waals surface area contributed by atoms with Gasteiger partial charge >= 0.3 is 18.2 Å². The molecular weight excluding hydrogens is 703 g/mol. The van der Waals surface area contributed by atoms with Crippen molar-refractivity contribution in [3.8, 4) is 16.9 Å². The molecule has 3 fully saturated rings. The molecule has 2 N–H and O–H groups in total. The fourth-order valence-corrected chi connectivity index (χ4v) is 7.35. The Morgan fingerprint density at radius 1 is 0.887 bits per heavy atom. The van der Waals surface area contributed by atoms with Crippen LogP contribution < -0.4 is 15.0 Å². The second-order valence-electron chi connectivity index (χ2n) is 14.6. The van der Waals surface area contributed by atoms with E-state index in [0.717, 1.165) is 42.7 Å². The number of carbonyl (C=O) groups is 4. The molecule has 0 aromatic heterocycles. The smallest absolute Gasteiger partial charge is 0.421 e. The van der Waals surface area contributed by atoms with Crippen molar-refractivity contribution in [2.24, 2.45) is 23.7 Å². The van der Waals surface area contributed by atoms with Crippen LogP contribution in [0.15, 0.2) is 66.2 Å². The summed E-state index contributed by atoms with van der Waals surface area (Å²) >= 11 is 0. The highest BCUT2D eigenvalue weighted by Gasteiger charge is 2.57. The number of hydrogen-bond acceptors (Lipinski definition) is 6. The Hall–Kier alpha value is -5.27. The number of methoxy groups -OCH3 is 1. The summed E-state index contributed by atoms with van der Waals surface area (Å²) in [7, 11) is 1.31. The van der Waals surface area contributed by atoms with Gasteiger partial charge in [0.25, 0.3) is 5.91 Å². The lowest BCUT2D eigenvalue weighted by atomic mass is 9.83. The molecule has 0 aliphatic heterocycles. The Morgan fingerprint density at radius 3 is 2.19 bits per heavy atom. The van der Waals surface area contributed by atoms with E-state index >= 15 is 0 Å². The molecule has 0 saturated heterocycles. The van der Waals surface area contributed by atoms with Crippen molar-refractivity contribution in [3.63, 3.8) is 0 Å². The van der Waals surface area contributed by atoms with Crippen molar-refractivity contribution in [2.45, 2.75) is 64.3 Å². The molecule has 14 heteroatoms. The first-order valence-corrected chi connectivity index (χ1v) is 17.1. The van der Waals surface area contributed by atoms with Gasteiger partial charge in [0.15, 0.2) is 0 Å². The number of allylic oxidation sites excluding steroid dienone is 1. The third-order valence-electron chi connectivity index (χ3n) is 9.81. The number of benzene rings is 3. The van der Waals surface area contributed by atoms with E-state index in [1.165, 1.54) is 46.1 Å². The first kappa shape index (κ1) is 37.5. The van der Waals surface area contributed by atoms with E-state index in [1.54, 1.807) is 0 Å². The third-order valence-corrected chi connectivity index (χ3v) is 9.81. The summed E-state index contributed by atoms with van der Waals surface area (Å²) in [6.07, 6.45) is -1.40. The molecule has 3 saturated carbocycles. The molecule has 3 aromatic carbocycles. The van der Waals surface area contributed by atoms with Gasteiger partial charge in [-0.15, -0.1) is 0 Å². The van der Waals surface area contributed by atoms with Crippen molar-refractivity contribution in [3.05, 3.63) is 94.6 Å². The predicted molar refractivity (Wildman–Crippen MR) is 182 cm³/mol. The number of aromatic carboxylic acids is 1. The van der Waals surface area contributed by atoms with Crippen molar-refractivity contribution in [2.75, 3.05) is 12.0 Å². The zero-order chi connectivity index (χ0) is 38.6. The second-order valence-corrected chi connectivity index (χ2v) is 14.6.